The van der Waals surface area contributed by atoms with Crippen LogP contribution in [0.1, 0.15) is 5.56 Å². The van der Waals surface area contributed by atoms with Gasteiger partial charge in [-0.3, -0.25) is 0 Å². The maximum absolute atomic E-state index is 13.5. The maximum Gasteiger partial charge on any atom is 0.243 e. The standard InChI is InChI=1S/C14H13ClFNO2S/c15-12-5-3-4-11(10-12)8-9-17-20(18,19)14-7-2-1-6-13(14)16/h1-7,10,17H,8-9H2. The van der Waals surface area contributed by atoms with Crippen LogP contribution >= 0.6 is 11.6 Å². The monoisotopic (exact) mass is 313 g/mol. The first-order chi connectivity index (χ1) is 9.49. The summed E-state index contributed by atoms with van der Waals surface area (Å²) < 4.78 is 39.7. The molecule has 106 valence electrons. The van der Waals surface area contributed by atoms with Crippen molar-refractivity contribution in [3.63, 3.8) is 0 Å². The molecule has 0 amide bonds. The fourth-order valence-electron chi connectivity index (χ4n) is 1.76. The SMILES string of the molecule is O=S(=O)(NCCc1cccc(Cl)c1)c1ccccc1F. The second-order valence-electron chi connectivity index (χ2n) is 4.21. The van der Waals surface area contributed by atoms with Gasteiger partial charge < -0.3 is 0 Å². The van der Waals surface area contributed by atoms with Gasteiger partial charge in [0.1, 0.15) is 10.7 Å². The van der Waals surface area contributed by atoms with Gasteiger partial charge in [0.15, 0.2) is 0 Å². The number of hydrogen-bond donors (Lipinski definition) is 1. The highest BCUT2D eigenvalue weighted by Crippen LogP contribution is 2.14. The van der Waals surface area contributed by atoms with Crippen molar-refractivity contribution in [3.8, 4) is 0 Å². The quantitative estimate of drug-likeness (QED) is 0.922. The highest BCUT2D eigenvalue weighted by atomic mass is 35.5. The van der Waals surface area contributed by atoms with Crippen LogP contribution in [0.3, 0.4) is 0 Å². The van der Waals surface area contributed by atoms with Gasteiger partial charge in [-0.15, -0.1) is 0 Å². The molecule has 0 radical (unpaired) electrons. The normalized spacial score (nSPS) is 11.5. The molecule has 0 aliphatic carbocycles. The first-order valence-electron chi connectivity index (χ1n) is 5.98. The molecule has 0 aliphatic rings. The minimum atomic E-state index is -3.83. The topological polar surface area (TPSA) is 46.2 Å². The molecule has 0 aromatic heterocycles. The van der Waals surface area contributed by atoms with Crippen LogP contribution in [-0.2, 0) is 16.4 Å². The largest absolute Gasteiger partial charge is 0.243 e. The van der Waals surface area contributed by atoms with Crippen LogP contribution < -0.4 is 4.72 Å². The van der Waals surface area contributed by atoms with Gasteiger partial charge in [0.2, 0.25) is 10.0 Å². The van der Waals surface area contributed by atoms with E-state index in [0.29, 0.717) is 11.4 Å². The van der Waals surface area contributed by atoms with Gasteiger partial charge >= 0.3 is 0 Å². The molecule has 0 spiro atoms. The average molecular weight is 314 g/mol. The van der Waals surface area contributed by atoms with Crippen LogP contribution in [0.4, 0.5) is 4.39 Å². The molecule has 3 nitrogen and oxygen atoms in total. The molecule has 0 fully saturated rings. The van der Waals surface area contributed by atoms with Gasteiger partial charge in [-0.05, 0) is 36.2 Å². The first kappa shape index (κ1) is 15.0. The summed E-state index contributed by atoms with van der Waals surface area (Å²) in [5.41, 5.74) is 0.911. The maximum atomic E-state index is 13.5. The van der Waals surface area contributed by atoms with Gasteiger partial charge in [0.25, 0.3) is 0 Å². The van der Waals surface area contributed by atoms with E-state index in [2.05, 4.69) is 4.72 Å². The van der Waals surface area contributed by atoms with Crippen molar-refractivity contribution in [1.82, 2.24) is 4.72 Å². The number of hydrogen-bond acceptors (Lipinski definition) is 2. The molecule has 20 heavy (non-hydrogen) atoms. The summed E-state index contributed by atoms with van der Waals surface area (Å²) in [6.07, 6.45) is 0.480. The van der Waals surface area contributed by atoms with Crippen LogP contribution in [0.15, 0.2) is 53.4 Å². The van der Waals surface area contributed by atoms with E-state index in [1.165, 1.54) is 18.2 Å². The van der Waals surface area contributed by atoms with Gasteiger partial charge in [-0.1, -0.05) is 35.9 Å². The molecular formula is C14H13ClFNO2S. The molecule has 2 aromatic rings. The van der Waals surface area contributed by atoms with Crippen LogP contribution in [0.2, 0.25) is 5.02 Å². The minimum Gasteiger partial charge on any atom is -0.211 e. The third kappa shape index (κ3) is 3.79. The third-order valence-corrected chi connectivity index (χ3v) is 4.45. The van der Waals surface area contributed by atoms with Crippen LogP contribution in [0.5, 0.6) is 0 Å². The predicted octanol–water partition coefficient (Wildman–Crippen LogP) is 3.00. The summed E-state index contributed by atoms with van der Waals surface area (Å²) >= 11 is 5.84. The van der Waals surface area contributed by atoms with Gasteiger partial charge in [0.05, 0.1) is 0 Å². The summed E-state index contributed by atoms with van der Waals surface area (Å²) in [6, 6.07) is 12.4. The fourth-order valence-corrected chi connectivity index (χ4v) is 3.08. The molecule has 0 saturated carbocycles. The van der Waals surface area contributed by atoms with E-state index < -0.39 is 15.8 Å². The number of nitrogens with one attached hydrogen (secondary N) is 1. The lowest BCUT2D eigenvalue weighted by molar-refractivity contribution is 0.557. The Morgan fingerprint density at radius 1 is 1.10 bits per heavy atom. The second-order valence-corrected chi connectivity index (χ2v) is 6.38. The molecule has 0 saturated heterocycles. The van der Waals surface area contributed by atoms with E-state index in [1.54, 1.807) is 18.2 Å². The Morgan fingerprint density at radius 2 is 1.85 bits per heavy atom. The molecule has 2 rings (SSSR count). The lowest BCUT2D eigenvalue weighted by Gasteiger charge is -2.07. The molecule has 1 N–H and O–H groups in total. The Kier molecular flexibility index (Phi) is 4.75. The minimum absolute atomic E-state index is 0.178. The highest BCUT2D eigenvalue weighted by molar-refractivity contribution is 7.89. The molecule has 0 unspecified atom stereocenters. The van der Waals surface area contributed by atoms with E-state index >= 15 is 0 Å². The molecule has 0 heterocycles. The van der Waals surface area contributed by atoms with Crippen molar-refractivity contribution in [2.24, 2.45) is 0 Å². The first-order valence-corrected chi connectivity index (χ1v) is 7.84. The van der Waals surface area contributed by atoms with Crippen molar-refractivity contribution >= 4 is 21.6 Å². The fraction of sp³-hybridized carbons (Fsp3) is 0.143. The zero-order valence-electron chi connectivity index (χ0n) is 10.5. The summed E-state index contributed by atoms with van der Waals surface area (Å²) in [6.45, 7) is 0.178. The van der Waals surface area contributed by atoms with Crippen LogP contribution in [-0.4, -0.2) is 15.0 Å². The molecule has 6 heteroatoms. The van der Waals surface area contributed by atoms with Gasteiger partial charge in [-0.25, -0.2) is 17.5 Å². The Morgan fingerprint density at radius 3 is 2.55 bits per heavy atom. The van der Waals surface area contributed by atoms with Crippen molar-refractivity contribution in [2.45, 2.75) is 11.3 Å². The molecular weight excluding hydrogens is 301 g/mol. The summed E-state index contributed by atoms with van der Waals surface area (Å²) in [5, 5.41) is 0.597. The Bertz CT molecular complexity index is 704. The number of halogens is 2. The van der Waals surface area contributed by atoms with Crippen molar-refractivity contribution in [2.75, 3.05) is 6.54 Å². The molecule has 2 aromatic carbocycles. The number of benzene rings is 2. The Balaban J connectivity index is 2.02. The van der Waals surface area contributed by atoms with Crippen molar-refractivity contribution < 1.29 is 12.8 Å². The van der Waals surface area contributed by atoms with E-state index in [0.717, 1.165) is 11.6 Å². The van der Waals surface area contributed by atoms with Crippen molar-refractivity contribution in [3.05, 3.63) is 64.9 Å². The molecule has 0 aliphatic heterocycles. The number of rotatable bonds is 5. The zero-order chi connectivity index (χ0) is 14.6. The lowest BCUT2D eigenvalue weighted by atomic mass is 10.2. The smallest absolute Gasteiger partial charge is 0.211 e. The third-order valence-electron chi connectivity index (χ3n) is 2.72. The Hall–Kier alpha value is -1.43. The highest BCUT2D eigenvalue weighted by Gasteiger charge is 2.17. The molecule has 0 bridgehead atoms. The van der Waals surface area contributed by atoms with E-state index in [1.807, 2.05) is 6.07 Å². The zero-order valence-corrected chi connectivity index (χ0v) is 12.1. The average Bonchev–Trinajstić information content (AvgIpc) is 2.39. The summed E-state index contributed by atoms with van der Waals surface area (Å²) in [4.78, 5) is -0.342. The van der Waals surface area contributed by atoms with E-state index in [-0.39, 0.29) is 11.4 Å². The number of sulfonamides is 1. The second kappa shape index (κ2) is 6.35. The lowest BCUT2D eigenvalue weighted by Crippen LogP contribution is -2.26. The van der Waals surface area contributed by atoms with Gasteiger partial charge in [-0.2, -0.15) is 0 Å². The summed E-state index contributed by atoms with van der Waals surface area (Å²) in [7, 11) is -3.83. The van der Waals surface area contributed by atoms with Gasteiger partial charge in [0, 0.05) is 11.6 Å². The summed E-state index contributed by atoms with van der Waals surface area (Å²) in [5.74, 6) is -0.761. The van der Waals surface area contributed by atoms with Crippen LogP contribution in [0, 0.1) is 5.82 Å². The van der Waals surface area contributed by atoms with E-state index in [4.69, 9.17) is 11.6 Å². The van der Waals surface area contributed by atoms with Crippen molar-refractivity contribution in [1.29, 1.82) is 0 Å². The predicted molar refractivity (Wildman–Crippen MR) is 76.7 cm³/mol. The van der Waals surface area contributed by atoms with Crippen LogP contribution in [0.25, 0.3) is 0 Å². The van der Waals surface area contributed by atoms with E-state index in [9.17, 15) is 12.8 Å². The molecule has 0 atom stereocenters. The Labute approximate surface area is 122 Å².